The smallest absolute Gasteiger partial charge is 0.230 e. The first-order chi connectivity index (χ1) is 6.79. The summed E-state index contributed by atoms with van der Waals surface area (Å²) >= 11 is 1.32. The van der Waals surface area contributed by atoms with Crippen molar-refractivity contribution in [1.82, 2.24) is 10.6 Å². The van der Waals surface area contributed by atoms with E-state index in [9.17, 15) is 9.59 Å². The fourth-order valence-electron chi connectivity index (χ4n) is 0.966. The molecule has 1 fully saturated rings. The molecule has 0 saturated carbocycles. The fraction of sp³-hybridized carbons (Fsp3) is 0.750. The molecular weight excluding hydrogens is 204 g/mol. The molecule has 2 amide bonds. The Morgan fingerprint density at radius 2 is 1.50 bits per heavy atom. The average molecular weight is 218 g/mol. The van der Waals surface area contributed by atoms with Gasteiger partial charge in [0.05, 0.1) is 24.7 Å². The van der Waals surface area contributed by atoms with E-state index in [2.05, 4.69) is 10.6 Å². The van der Waals surface area contributed by atoms with Crippen LogP contribution < -0.4 is 10.6 Å². The highest BCUT2D eigenvalue weighted by Crippen LogP contribution is 1.98. The topological polar surface area (TPSA) is 67.4 Å². The van der Waals surface area contributed by atoms with Crippen molar-refractivity contribution in [1.29, 1.82) is 0 Å². The molecule has 0 spiro atoms. The first kappa shape index (κ1) is 11.3. The van der Waals surface area contributed by atoms with E-state index in [-0.39, 0.29) is 11.8 Å². The zero-order valence-corrected chi connectivity index (χ0v) is 8.69. The standard InChI is InChI=1S/C8H14N2O3S/c11-7-5-14-6-8(12)10-2-4-13-3-1-9-7/h1-6H2,(H,9,11)(H,10,12). The molecule has 0 aliphatic carbocycles. The molecule has 80 valence electrons. The van der Waals surface area contributed by atoms with E-state index in [0.29, 0.717) is 37.8 Å². The molecule has 5 nitrogen and oxygen atoms in total. The number of nitrogens with one attached hydrogen (secondary N) is 2. The van der Waals surface area contributed by atoms with Crippen molar-refractivity contribution < 1.29 is 14.3 Å². The molecule has 2 N–H and O–H groups in total. The third-order valence-corrected chi connectivity index (χ3v) is 2.54. The summed E-state index contributed by atoms with van der Waals surface area (Å²) in [6, 6.07) is 0. The van der Waals surface area contributed by atoms with Gasteiger partial charge in [0, 0.05) is 13.1 Å². The summed E-state index contributed by atoms with van der Waals surface area (Å²) in [7, 11) is 0. The molecule has 6 heteroatoms. The number of hydrogen-bond acceptors (Lipinski definition) is 4. The van der Waals surface area contributed by atoms with Gasteiger partial charge in [-0.2, -0.15) is 0 Å². The van der Waals surface area contributed by atoms with Crippen molar-refractivity contribution in [2.45, 2.75) is 0 Å². The van der Waals surface area contributed by atoms with Gasteiger partial charge in [-0.25, -0.2) is 0 Å². The normalized spacial score (nSPS) is 21.4. The van der Waals surface area contributed by atoms with Gasteiger partial charge in [0.1, 0.15) is 0 Å². The van der Waals surface area contributed by atoms with Crippen LogP contribution >= 0.6 is 11.8 Å². The quantitative estimate of drug-likeness (QED) is 0.546. The Hall–Kier alpha value is -0.750. The van der Waals surface area contributed by atoms with E-state index in [4.69, 9.17) is 4.74 Å². The summed E-state index contributed by atoms with van der Waals surface area (Å²) in [6.07, 6.45) is 0. The summed E-state index contributed by atoms with van der Waals surface area (Å²) in [5, 5.41) is 5.40. The van der Waals surface area contributed by atoms with Gasteiger partial charge in [-0.1, -0.05) is 0 Å². The Morgan fingerprint density at radius 3 is 2.00 bits per heavy atom. The van der Waals surface area contributed by atoms with Crippen LogP contribution in [0.2, 0.25) is 0 Å². The third kappa shape index (κ3) is 5.08. The van der Waals surface area contributed by atoms with E-state index in [0.717, 1.165) is 0 Å². The van der Waals surface area contributed by atoms with Gasteiger partial charge in [0.25, 0.3) is 0 Å². The molecule has 0 bridgehead atoms. The molecule has 0 unspecified atom stereocenters. The fourth-order valence-corrected chi connectivity index (χ4v) is 1.64. The zero-order valence-electron chi connectivity index (χ0n) is 7.88. The average Bonchev–Trinajstić information content (AvgIpc) is 2.14. The van der Waals surface area contributed by atoms with Crippen LogP contribution in [0.4, 0.5) is 0 Å². The van der Waals surface area contributed by atoms with Gasteiger partial charge < -0.3 is 15.4 Å². The number of ether oxygens (including phenoxy) is 1. The maximum Gasteiger partial charge on any atom is 0.230 e. The second kappa shape index (κ2) is 6.67. The highest BCUT2D eigenvalue weighted by atomic mass is 32.2. The lowest BCUT2D eigenvalue weighted by Crippen LogP contribution is -2.33. The van der Waals surface area contributed by atoms with Crippen molar-refractivity contribution in [2.24, 2.45) is 0 Å². The summed E-state index contributed by atoms with van der Waals surface area (Å²) in [4.78, 5) is 22.2. The molecule has 0 aromatic rings. The SMILES string of the molecule is O=C1CSCC(=O)NCCOCCN1. The first-order valence-electron chi connectivity index (χ1n) is 4.48. The summed E-state index contributed by atoms with van der Waals surface area (Å²) < 4.78 is 5.17. The molecule has 1 aliphatic heterocycles. The number of amides is 2. The number of carbonyl (C=O) groups excluding carboxylic acids is 2. The Morgan fingerprint density at radius 1 is 1.00 bits per heavy atom. The minimum absolute atomic E-state index is 0.0491. The molecule has 1 heterocycles. The van der Waals surface area contributed by atoms with Gasteiger partial charge in [-0.3, -0.25) is 9.59 Å². The van der Waals surface area contributed by atoms with Crippen LogP contribution in [0, 0.1) is 0 Å². The Balaban J connectivity index is 2.28. The lowest BCUT2D eigenvalue weighted by Gasteiger charge is -2.09. The summed E-state index contributed by atoms with van der Waals surface area (Å²) in [5.74, 6) is 0.555. The van der Waals surface area contributed by atoms with Crippen LogP contribution in [0.3, 0.4) is 0 Å². The van der Waals surface area contributed by atoms with E-state index >= 15 is 0 Å². The van der Waals surface area contributed by atoms with E-state index < -0.39 is 0 Å². The van der Waals surface area contributed by atoms with Crippen LogP contribution in [0.5, 0.6) is 0 Å². The predicted molar refractivity (Wildman–Crippen MR) is 54.2 cm³/mol. The van der Waals surface area contributed by atoms with Crippen LogP contribution in [0.25, 0.3) is 0 Å². The molecular formula is C8H14N2O3S. The highest BCUT2D eigenvalue weighted by molar-refractivity contribution is 8.00. The minimum Gasteiger partial charge on any atom is -0.378 e. The van der Waals surface area contributed by atoms with E-state index in [1.54, 1.807) is 0 Å². The molecule has 0 atom stereocenters. The van der Waals surface area contributed by atoms with Crippen molar-refractivity contribution in [2.75, 3.05) is 37.8 Å². The molecule has 14 heavy (non-hydrogen) atoms. The Bertz CT molecular complexity index is 191. The Labute approximate surface area is 86.9 Å². The predicted octanol–water partition coefficient (Wildman–Crippen LogP) is -1.02. The van der Waals surface area contributed by atoms with Gasteiger partial charge in [0.15, 0.2) is 0 Å². The van der Waals surface area contributed by atoms with Crippen LogP contribution in [-0.4, -0.2) is 49.6 Å². The molecule has 0 aromatic heterocycles. The van der Waals surface area contributed by atoms with E-state index in [1.807, 2.05) is 0 Å². The number of carbonyl (C=O) groups is 2. The van der Waals surface area contributed by atoms with Gasteiger partial charge in [-0.05, 0) is 0 Å². The second-order valence-corrected chi connectivity index (χ2v) is 3.79. The maximum absolute atomic E-state index is 11.1. The van der Waals surface area contributed by atoms with Crippen LogP contribution in [0.1, 0.15) is 0 Å². The van der Waals surface area contributed by atoms with Gasteiger partial charge in [0.2, 0.25) is 11.8 Å². The maximum atomic E-state index is 11.1. The molecule has 0 aromatic carbocycles. The van der Waals surface area contributed by atoms with Crippen molar-refractivity contribution >= 4 is 23.6 Å². The summed E-state index contributed by atoms with van der Waals surface area (Å²) in [6.45, 7) is 2.05. The lowest BCUT2D eigenvalue weighted by atomic mass is 10.6. The molecule has 1 aliphatic rings. The third-order valence-electron chi connectivity index (χ3n) is 1.60. The largest absolute Gasteiger partial charge is 0.378 e. The van der Waals surface area contributed by atoms with Crippen LogP contribution in [0.15, 0.2) is 0 Å². The molecule has 1 saturated heterocycles. The van der Waals surface area contributed by atoms with Crippen molar-refractivity contribution in [3.8, 4) is 0 Å². The molecule has 0 radical (unpaired) electrons. The van der Waals surface area contributed by atoms with Crippen molar-refractivity contribution in [3.63, 3.8) is 0 Å². The second-order valence-electron chi connectivity index (χ2n) is 2.81. The monoisotopic (exact) mass is 218 g/mol. The number of hydrogen-bond donors (Lipinski definition) is 2. The Kier molecular flexibility index (Phi) is 5.39. The first-order valence-corrected chi connectivity index (χ1v) is 5.63. The zero-order chi connectivity index (χ0) is 10.2. The molecule has 1 rings (SSSR count). The van der Waals surface area contributed by atoms with Gasteiger partial charge in [-0.15, -0.1) is 11.8 Å². The highest BCUT2D eigenvalue weighted by Gasteiger charge is 2.06. The van der Waals surface area contributed by atoms with Gasteiger partial charge >= 0.3 is 0 Å². The van der Waals surface area contributed by atoms with Crippen LogP contribution in [-0.2, 0) is 14.3 Å². The summed E-state index contributed by atoms with van der Waals surface area (Å²) in [5.41, 5.74) is 0. The minimum atomic E-state index is -0.0491. The van der Waals surface area contributed by atoms with Crippen molar-refractivity contribution in [3.05, 3.63) is 0 Å². The number of rotatable bonds is 0. The van der Waals surface area contributed by atoms with E-state index in [1.165, 1.54) is 11.8 Å². The number of thioether (sulfide) groups is 1. The lowest BCUT2D eigenvalue weighted by molar-refractivity contribution is -0.118.